The van der Waals surface area contributed by atoms with Crippen molar-refractivity contribution in [3.05, 3.63) is 0 Å². The number of carbonyl (C=O) groups excluding carboxylic acids is 2. The molecule has 0 fully saturated rings. The SMILES string of the molecule is CCCCCCCCCCCCCCCCCC(=O)N(C)CC(=O)OCCC. The zero-order valence-corrected chi connectivity index (χ0v) is 19.1. The highest BCUT2D eigenvalue weighted by Crippen LogP contribution is 2.13. The molecule has 1 amide bonds. The summed E-state index contributed by atoms with van der Waals surface area (Å²) in [6.07, 6.45) is 21.2. The van der Waals surface area contributed by atoms with E-state index in [1.54, 1.807) is 7.05 Å². The lowest BCUT2D eigenvalue weighted by Crippen LogP contribution is -2.32. The molecule has 0 atom stereocenters. The molecular formula is C24H47NO3. The Kier molecular flexibility index (Phi) is 19.9. The molecule has 166 valence electrons. The number of amides is 1. The van der Waals surface area contributed by atoms with Crippen LogP contribution in [0.25, 0.3) is 0 Å². The van der Waals surface area contributed by atoms with Crippen molar-refractivity contribution in [2.45, 2.75) is 123 Å². The summed E-state index contributed by atoms with van der Waals surface area (Å²) < 4.78 is 5.01. The zero-order chi connectivity index (χ0) is 20.9. The van der Waals surface area contributed by atoms with E-state index in [0.717, 1.165) is 19.3 Å². The molecule has 0 aliphatic carbocycles. The van der Waals surface area contributed by atoms with Gasteiger partial charge in [0.15, 0.2) is 0 Å². The van der Waals surface area contributed by atoms with Gasteiger partial charge in [-0.3, -0.25) is 9.59 Å². The highest BCUT2D eigenvalue weighted by atomic mass is 16.5. The Morgan fingerprint density at radius 3 is 1.50 bits per heavy atom. The van der Waals surface area contributed by atoms with E-state index in [-0.39, 0.29) is 18.4 Å². The van der Waals surface area contributed by atoms with Crippen LogP contribution < -0.4 is 0 Å². The minimum atomic E-state index is -0.311. The van der Waals surface area contributed by atoms with Gasteiger partial charge in [-0.15, -0.1) is 0 Å². The van der Waals surface area contributed by atoms with Gasteiger partial charge >= 0.3 is 5.97 Å². The van der Waals surface area contributed by atoms with E-state index in [0.29, 0.717) is 13.0 Å². The van der Waals surface area contributed by atoms with Crippen molar-refractivity contribution >= 4 is 11.9 Å². The van der Waals surface area contributed by atoms with Crippen LogP contribution in [0.3, 0.4) is 0 Å². The monoisotopic (exact) mass is 397 g/mol. The third-order valence-electron chi connectivity index (χ3n) is 5.25. The molecule has 4 nitrogen and oxygen atoms in total. The van der Waals surface area contributed by atoms with Crippen LogP contribution in [0.1, 0.15) is 123 Å². The first-order valence-electron chi connectivity index (χ1n) is 12.0. The summed E-state index contributed by atoms with van der Waals surface area (Å²) in [5.74, 6) is -0.266. The lowest BCUT2D eigenvalue weighted by Gasteiger charge is -2.16. The summed E-state index contributed by atoms with van der Waals surface area (Å²) in [6.45, 7) is 4.73. The number of hydrogen-bond acceptors (Lipinski definition) is 3. The Labute approximate surface area is 174 Å². The largest absolute Gasteiger partial charge is 0.464 e. The van der Waals surface area contributed by atoms with Crippen LogP contribution in [0.4, 0.5) is 0 Å². The normalized spacial score (nSPS) is 10.8. The highest BCUT2D eigenvalue weighted by molar-refractivity contribution is 5.81. The number of unbranched alkanes of at least 4 members (excludes halogenated alkanes) is 14. The quantitative estimate of drug-likeness (QED) is 0.170. The molecule has 0 unspecified atom stereocenters. The van der Waals surface area contributed by atoms with Gasteiger partial charge in [-0.1, -0.05) is 104 Å². The number of carbonyl (C=O) groups is 2. The lowest BCUT2D eigenvalue weighted by atomic mass is 10.0. The summed E-state index contributed by atoms with van der Waals surface area (Å²) >= 11 is 0. The highest BCUT2D eigenvalue weighted by Gasteiger charge is 2.13. The molecule has 0 saturated carbocycles. The third-order valence-corrected chi connectivity index (χ3v) is 5.25. The maximum Gasteiger partial charge on any atom is 0.325 e. The molecule has 0 aliphatic rings. The van der Waals surface area contributed by atoms with Gasteiger partial charge in [-0.25, -0.2) is 0 Å². The van der Waals surface area contributed by atoms with Gasteiger partial charge in [0.05, 0.1) is 6.61 Å². The Balaban J connectivity index is 3.34. The lowest BCUT2D eigenvalue weighted by molar-refractivity contribution is -0.148. The van der Waals surface area contributed by atoms with Crippen LogP contribution in [0.5, 0.6) is 0 Å². The summed E-state index contributed by atoms with van der Waals surface area (Å²) in [5.41, 5.74) is 0. The average molecular weight is 398 g/mol. The van der Waals surface area contributed by atoms with Gasteiger partial charge in [0.2, 0.25) is 5.91 Å². The van der Waals surface area contributed by atoms with Crippen molar-refractivity contribution in [1.82, 2.24) is 4.90 Å². The predicted molar refractivity (Wildman–Crippen MR) is 118 cm³/mol. The fourth-order valence-electron chi connectivity index (χ4n) is 3.38. The van der Waals surface area contributed by atoms with Gasteiger partial charge in [0, 0.05) is 13.5 Å². The summed E-state index contributed by atoms with van der Waals surface area (Å²) in [6, 6.07) is 0. The number of hydrogen-bond donors (Lipinski definition) is 0. The molecule has 0 rings (SSSR count). The van der Waals surface area contributed by atoms with Crippen LogP contribution in [0.2, 0.25) is 0 Å². The fourth-order valence-corrected chi connectivity index (χ4v) is 3.38. The number of nitrogens with zero attached hydrogens (tertiary/aromatic N) is 1. The van der Waals surface area contributed by atoms with E-state index >= 15 is 0 Å². The van der Waals surface area contributed by atoms with E-state index in [1.807, 2.05) is 6.92 Å². The predicted octanol–water partition coefficient (Wildman–Crippen LogP) is 6.66. The Morgan fingerprint density at radius 1 is 0.643 bits per heavy atom. The first-order chi connectivity index (χ1) is 13.6. The van der Waals surface area contributed by atoms with Crippen molar-refractivity contribution in [2.75, 3.05) is 20.2 Å². The Hall–Kier alpha value is -1.06. The van der Waals surface area contributed by atoms with Crippen LogP contribution in [0.15, 0.2) is 0 Å². The molecular weight excluding hydrogens is 350 g/mol. The zero-order valence-electron chi connectivity index (χ0n) is 19.1. The molecule has 0 saturated heterocycles. The van der Waals surface area contributed by atoms with Crippen molar-refractivity contribution < 1.29 is 14.3 Å². The van der Waals surface area contributed by atoms with Gasteiger partial charge < -0.3 is 9.64 Å². The number of ether oxygens (including phenoxy) is 1. The summed E-state index contributed by atoms with van der Waals surface area (Å²) in [7, 11) is 1.68. The molecule has 0 aliphatic heterocycles. The summed E-state index contributed by atoms with van der Waals surface area (Å²) in [5, 5.41) is 0. The number of likely N-dealkylation sites (N-methyl/N-ethyl adjacent to an activating group) is 1. The first-order valence-corrected chi connectivity index (χ1v) is 12.0. The van der Waals surface area contributed by atoms with Gasteiger partial charge in [-0.2, -0.15) is 0 Å². The maximum absolute atomic E-state index is 12.0. The minimum absolute atomic E-state index is 0.0446. The van der Waals surface area contributed by atoms with Crippen molar-refractivity contribution in [3.63, 3.8) is 0 Å². The van der Waals surface area contributed by atoms with Gasteiger partial charge in [0.25, 0.3) is 0 Å². The fraction of sp³-hybridized carbons (Fsp3) is 0.917. The van der Waals surface area contributed by atoms with Crippen LogP contribution in [-0.2, 0) is 14.3 Å². The third kappa shape index (κ3) is 18.3. The standard InChI is InChI=1S/C24H47NO3/c1-4-6-7-8-9-10-11-12-13-14-15-16-17-18-19-20-23(26)25(3)22-24(27)28-21-5-2/h4-22H2,1-3H3. The van der Waals surface area contributed by atoms with Crippen LogP contribution in [-0.4, -0.2) is 37.0 Å². The number of rotatable bonds is 20. The second-order valence-electron chi connectivity index (χ2n) is 8.17. The molecule has 0 aromatic rings. The summed E-state index contributed by atoms with van der Waals surface area (Å²) in [4.78, 5) is 25.0. The second-order valence-corrected chi connectivity index (χ2v) is 8.17. The molecule has 0 aromatic carbocycles. The molecule has 4 heteroatoms. The van der Waals surface area contributed by atoms with E-state index in [4.69, 9.17) is 4.74 Å². The molecule has 0 spiro atoms. The van der Waals surface area contributed by atoms with Gasteiger partial charge in [-0.05, 0) is 12.8 Å². The minimum Gasteiger partial charge on any atom is -0.464 e. The van der Waals surface area contributed by atoms with Crippen LogP contribution >= 0.6 is 0 Å². The van der Waals surface area contributed by atoms with E-state index in [1.165, 1.54) is 88.4 Å². The van der Waals surface area contributed by atoms with E-state index in [9.17, 15) is 9.59 Å². The Bertz CT molecular complexity index is 371. The van der Waals surface area contributed by atoms with Crippen LogP contribution in [0, 0.1) is 0 Å². The van der Waals surface area contributed by atoms with Gasteiger partial charge in [0.1, 0.15) is 6.54 Å². The second kappa shape index (κ2) is 20.7. The van der Waals surface area contributed by atoms with Crippen molar-refractivity contribution in [1.29, 1.82) is 0 Å². The average Bonchev–Trinajstić information content (AvgIpc) is 2.69. The molecule has 0 heterocycles. The maximum atomic E-state index is 12.0. The molecule has 0 radical (unpaired) electrons. The molecule has 0 aromatic heterocycles. The van der Waals surface area contributed by atoms with Crippen molar-refractivity contribution in [2.24, 2.45) is 0 Å². The number of esters is 1. The first kappa shape index (κ1) is 26.9. The smallest absolute Gasteiger partial charge is 0.325 e. The molecule has 0 N–H and O–H groups in total. The van der Waals surface area contributed by atoms with E-state index < -0.39 is 0 Å². The topological polar surface area (TPSA) is 46.6 Å². The van der Waals surface area contributed by atoms with Crippen molar-refractivity contribution in [3.8, 4) is 0 Å². The molecule has 28 heavy (non-hydrogen) atoms. The van der Waals surface area contributed by atoms with E-state index in [2.05, 4.69) is 6.92 Å². The Morgan fingerprint density at radius 2 is 1.07 bits per heavy atom. The molecule has 0 bridgehead atoms.